The molecule has 0 aliphatic heterocycles. The van der Waals surface area contributed by atoms with E-state index in [1.54, 1.807) is 24.3 Å². The fourth-order valence-corrected chi connectivity index (χ4v) is 1.42. The van der Waals surface area contributed by atoms with Gasteiger partial charge >= 0.3 is 0 Å². The van der Waals surface area contributed by atoms with Gasteiger partial charge in [0.05, 0.1) is 11.1 Å². The quantitative estimate of drug-likeness (QED) is 0.696. The number of pyridine rings is 1. The van der Waals surface area contributed by atoms with E-state index in [2.05, 4.69) is 15.8 Å². The van der Waals surface area contributed by atoms with Crippen molar-refractivity contribution >= 4 is 11.8 Å². The first-order valence-electron chi connectivity index (χ1n) is 5.47. The summed E-state index contributed by atoms with van der Waals surface area (Å²) < 4.78 is 0. The number of benzene rings is 1. The van der Waals surface area contributed by atoms with Crippen molar-refractivity contribution in [1.82, 2.24) is 15.8 Å². The third-order valence-corrected chi connectivity index (χ3v) is 2.36. The summed E-state index contributed by atoms with van der Waals surface area (Å²) in [6.45, 7) is 0. The number of carbonyl (C=O) groups excluding carboxylic acids is 2. The van der Waals surface area contributed by atoms with E-state index in [9.17, 15) is 14.7 Å². The van der Waals surface area contributed by atoms with Gasteiger partial charge in [-0.2, -0.15) is 0 Å². The number of aromatic hydroxyl groups is 1. The van der Waals surface area contributed by atoms with Crippen LogP contribution < -0.4 is 10.9 Å². The van der Waals surface area contributed by atoms with Crippen LogP contribution in [0.2, 0.25) is 0 Å². The molecule has 0 radical (unpaired) electrons. The van der Waals surface area contributed by atoms with Gasteiger partial charge in [-0.1, -0.05) is 12.1 Å². The molecule has 3 N–H and O–H groups in total. The minimum absolute atomic E-state index is 0.0778. The maximum absolute atomic E-state index is 11.7. The Hall–Kier alpha value is -2.89. The lowest BCUT2D eigenvalue weighted by molar-refractivity contribution is 0.0845. The molecule has 6 nitrogen and oxygen atoms in total. The van der Waals surface area contributed by atoms with Crippen LogP contribution in [0.25, 0.3) is 0 Å². The number of para-hydroxylation sites is 1. The average Bonchev–Trinajstić information content (AvgIpc) is 2.46. The molecule has 19 heavy (non-hydrogen) atoms. The van der Waals surface area contributed by atoms with Gasteiger partial charge in [-0.15, -0.1) is 0 Å². The van der Waals surface area contributed by atoms with Crippen LogP contribution in [0.1, 0.15) is 20.7 Å². The lowest BCUT2D eigenvalue weighted by atomic mass is 10.2. The van der Waals surface area contributed by atoms with Crippen LogP contribution in [0.15, 0.2) is 48.8 Å². The molecule has 2 amide bonds. The first kappa shape index (κ1) is 12.6. The van der Waals surface area contributed by atoms with Crippen molar-refractivity contribution in [2.24, 2.45) is 0 Å². The van der Waals surface area contributed by atoms with Crippen molar-refractivity contribution in [1.29, 1.82) is 0 Å². The second-order valence-corrected chi connectivity index (χ2v) is 3.67. The highest BCUT2D eigenvalue weighted by atomic mass is 16.3. The van der Waals surface area contributed by atoms with Gasteiger partial charge in [-0.05, 0) is 24.3 Å². The van der Waals surface area contributed by atoms with Crippen molar-refractivity contribution < 1.29 is 14.7 Å². The molecule has 0 spiro atoms. The zero-order valence-corrected chi connectivity index (χ0v) is 9.83. The standard InChI is InChI=1S/C13H11N3O3/c17-11-6-2-1-5-10(11)13(19)16-15-12(18)9-4-3-7-14-8-9/h1-8,17H,(H,15,18)(H,16,19). The van der Waals surface area contributed by atoms with Crippen LogP contribution >= 0.6 is 0 Å². The lowest BCUT2D eigenvalue weighted by Gasteiger charge is -2.08. The van der Waals surface area contributed by atoms with Crippen LogP contribution in [0.5, 0.6) is 5.75 Å². The molecule has 0 fully saturated rings. The number of hydrogen-bond acceptors (Lipinski definition) is 4. The van der Waals surface area contributed by atoms with Gasteiger partial charge in [0.25, 0.3) is 11.8 Å². The maximum atomic E-state index is 11.7. The summed E-state index contributed by atoms with van der Waals surface area (Å²) in [4.78, 5) is 27.1. The molecule has 1 aromatic carbocycles. The first-order valence-corrected chi connectivity index (χ1v) is 5.47. The molecule has 0 unspecified atom stereocenters. The molecule has 0 atom stereocenters. The van der Waals surface area contributed by atoms with E-state index in [0.29, 0.717) is 5.56 Å². The number of phenolic OH excluding ortho intramolecular Hbond substituents is 1. The summed E-state index contributed by atoms with van der Waals surface area (Å²) in [6, 6.07) is 9.21. The highest BCUT2D eigenvalue weighted by Gasteiger charge is 2.11. The van der Waals surface area contributed by atoms with E-state index >= 15 is 0 Å². The normalized spacial score (nSPS) is 9.68. The topological polar surface area (TPSA) is 91.3 Å². The summed E-state index contributed by atoms with van der Waals surface area (Å²) in [6.07, 6.45) is 2.92. The summed E-state index contributed by atoms with van der Waals surface area (Å²) in [5, 5.41) is 9.48. The summed E-state index contributed by atoms with van der Waals surface area (Å²) in [7, 11) is 0. The lowest BCUT2D eigenvalue weighted by Crippen LogP contribution is -2.41. The molecule has 0 saturated carbocycles. The van der Waals surface area contributed by atoms with E-state index in [1.807, 2.05) is 0 Å². The second-order valence-electron chi connectivity index (χ2n) is 3.67. The van der Waals surface area contributed by atoms with Gasteiger partial charge in [-0.3, -0.25) is 25.4 Å². The third kappa shape index (κ3) is 3.06. The van der Waals surface area contributed by atoms with Crippen LogP contribution in [0.3, 0.4) is 0 Å². The van der Waals surface area contributed by atoms with E-state index in [0.717, 1.165) is 0 Å². The average molecular weight is 257 g/mol. The molecule has 2 rings (SSSR count). The molecule has 0 saturated heterocycles. The Bertz CT molecular complexity index is 599. The number of rotatable bonds is 2. The van der Waals surface area contributed by atoms with Crippen molar-refractivity contribution in [3.8, 4) is 5.75 Å². The molecule has 96 valence electrons. The zero-order valence-electron chi connectivity index (χ0n) is 9.83. The minimum atomic E-state index is -0.602. The van der Waals surface area contributed by atoms with Crippen LogP contribution in [-0.2, 0) is 0 Å². The van der Waals surface area contributed by atoms with Gasteiger partial charge in [0.2, 0.25) is 0 Å². The second kappa shape index (κ2) is 5.63. The third-order valence-electron chi connectivity index (χ3n) is 2.36. The Morgan fingerprint density at radius 2 is 1.74 bits per heavy atom. The first-order chi connectivity index (χ1) is 9.18. The van der Waals surface area contributed by atoms with Crippen molar-refractivity contribution in [3.63, 3.8) is 0 Å². The summed E-state index contributed by atoms with van der Waals surface area (Å²) in [5.74, 6) is -1.25. The number of phenols is 1. The largest absolute Gasteiger partial charge is 0.507 e. The number of amides is 2. The van der Waals surface area contributed by atoms with Gasteiger partial charge in [0, 0.05) is 12.4 Å². The monoisotopic (exact) mass is 257 g/mol. The van der Waals surface area contributed by atoms with Gasteiger partial charge < -0.3 is 5.11 Å². The molecular weight excluding hydrogens is 246 g/mol. The van der Waals surface area contributed by atoms with Crippen LogP contribution in [0, 0.1) is 0 Å². The molecule has 1 aromatic heterocycles. The van der Waals surface area contributed by atoms with Gasteiger partial charge in [-0.25, -0.2) is 0 Å². The summed E-state index contributed by atoms with van der Waals surface area (Å²) in [5.41, 5.74) is 4.84. The molecule has 1 heterocycles. The Morgan fingerprint density at radius 1 is 1.00 bits per heavy atom. The highest BCUT2D eigenvalue weighted by Crippen LogP contribution is 2.14. The van der Waals surface area contributed by atoms with Crippen molar-refractivity contribution in [2.75, 3.05) is 0 Å². The summed E-state index contributed by atoms with van der Waals surface area (Å²) >= 11 is 0. The Kier molecular flexibility index (Phi) is 3.72. The maximum Gasteiger partial charge on any atom is 0.273 e. The van der Waals surface area contributed by atoms with Gasteiger partial charge in [0.15, 0.2) is 0 Å². The van der Waals surface area contributed by atoms with Crippen molar-refractivity contribution in [3.05, 3.63) is 59.9 Å². The Morgan fingerprint density at radius 3 is 2.42 bits per heavy atom. The minimum Gasteiger partial charge on any atom is -0.507 e. The number of nitrogens with one attached hydrogen (secondary N) is 2. The number of carbonyl (C=O) groups is 2. The fourth-order valence-electron chi connectivity index (χ4n) is 1.42. The Labute approximate surface area is 109 Å². The predicted molar refractivity (Wildman–Crippen MR) is 67.3 cm³/mol. The molecule has 0 aliphatic carbocycles. The molecule has 0 aliphatic rings. The molecular formula is C13H11N3O3. The zero-order chi connectivity index (χ0) is 13.7. The van der Waals surface area contributed by atoms with E-state index in [4.69, 9.17) is 0 Å². The Balaban J connectivity index is 1.98. The van der Waals surface area contributed by atoms with Gasteiger partial charge in [0.1, 0.15) is 5.75 Å². The van der Waals surface area contributed by atoms with E-state index < -0.39 is 11.8 Å². The predicted octanol–water partition coefficient (Wildman–Crippen LogP) is 0.862. The van der Waals surface area contributed by atoms with Crippen LogP contribution in [-0.4, -0.2) is 21.9 Å². The smallest absolute Gasteiger partial charge is 0.273 e. The fraction of sp³-hybridized carbons (Fsp3) is 0. The number of nitrogens with zero attached hydrogens (tertiary/aromatic N) is 1. The van der Waals surface area contributed by atoms with Crippen LogP contribution in [0.4, 0.5) is 0 Å². The molecule has 2 aromatic rings. The number of aromatic nitrogens is 1. The van der Waals surface area contributed by atoms with Crippen molar-refractivity contribution in [2.45, 2.75) is 0 Å². The SMILES string of the molecule is O=C(NNC(=O)c1ccccc1O)c1cccnc1. The van der Waals surface area contributed by atoms with E-state index in [1.165, 1.54) is 24.5 Å². The molecule has 6 heteroatoms. The number of hydrogen-bond donors (Lipinski definition) is 3. The number of hydrazine groups is 1. The molecule has 0 bridgehead atoms. The van der Waals surface area contributed by atoms with E-state index in [-0.39, 0.29) is 11.3 Å². The highest BCUT2D eigenvalue weighted by molar-refractivity contribution is 6.00.